The maximum Gasteiger partial charge on any atom is 0.278 e. The molecule has 0 N–H and O–H groups in total. The van der Waals surface area contributed by atoms with Crippen LogP contribution in [0.3, 0.4) is 0 Å². The van der Waals surface area contributed by atoms with Crippen LogP contribution in [0.5, 0.6) is 0 Å². The van der Waals surface area contributed by atoms with E-state index in [9.17, 15) is 8.42 Å². The lowest BCUT2D eigenvalue weighted by molar-refractivity contribution is 0.180. The van der Waals surface area contributed by atoms with E-state index in [1.807, 2.05) is 0 Å². The molecule has 0 spiro atoms. The molecule has 80 valence electrons. The lowest BCUT2D eigenvalue weighted by atomic mass is 10.4. The van der Waals surface area contributed by atoms with Crippen molar-refractivity contribution < 1.29 is 13.2 Å². The summed E-state index contributed by atoms with van der Waals surface area (Å²) in [6.07, 6.45) is 1.46. The highest BCUT2D eigenvalue weighted by Crippen LogP contribution is 2.18. The van der Waals surface area contributed by atoms with Gasteiger partial charge in [-0.1, -0.05) is 0 Å². The molecule has 1 heterocycles. The SMILES string of the molecule is COCCn1ncc(C)c1S(=O)(=O)Cl. The second kappa shape index (κ2) is 4.29. The zero-order valence-electron chi connectivity index (χ0n) is 7.90. The third kappa shape index (κ3) is 2.46. The summed E-state index contributed by atoms with van der Waals surface area (Å²) in [6, 6.07) is 0. The Morgan fingerprint density at radius 3 is 2.79 bits per heavy atom. The Hall–Kier alpha value is -0.590. The van der Waals surface area contributed by atoms with Gasteiger partial charge in [-0.15, -0.1) is 0 Å². The van der Waals surface area contributed by atoms with Crippen LogP contribution in [0.1, 0.15) is 5.56 Å². The fraction of sp³-hybridized carbons (Fsp3) is 0.571. The Bertz CT molecular complexity index is 413. The first-order valence-electron chi connectivity index (χ1n) is 3.93. The molecular weight excluding hydrogens is 228 g/mol. The minimum atomic E-state index is -3.73. The van der Waals surface area contributed by atoms with E-state index >= 15 is 0 Å². The first kappa shape index (κ1) is 11.5. The second-order valence-corrected chi connectivity index (χ2v) is 5.27. The average Bonchev–Trinajstić information content (AvgIpc) is 2.42. The van der Waals surface area contributed by atoms with Crippen molar-refractivity contribution in [2.75, 3.05) is 13.7 Å². The Labute approximate surface area is 87.0 Å². The van der Waals surface area contributed by atoms with Gasteiger partial charge in [-0.2, -0.15) is 5.10 Å². The molecule has 0 unspecified atom stereocenters. The van der Waals surface area contributed by atoms with Crippen molar-refractivity contribution in [3.63, 3.8) is 0 Å². The van der Waals surface area contributed by atoms with E-state index in [0.717, 1.165) is 0 Å². The number of hydrogen-bond acceptors (Lipinski definition) is 4. The number of rotatable bonds is 4. The summed E-state index contributed by atoms with van der Waals surface area (Å²) >= 11 is 0. The number of aryl methyl sites for hydroxylation is 1. The van der Waals surface area contributed by atoms with Crippen LogP contribution in [0.4, 0.5) is 0 Å². The molecule has 0 saturated heterocycles. The first-order chi connectivity index (χ1) is 6.46. The van der Waals surface area contributed by atoms with Crippen molar-refractivity contribution in [2.24, 2.45) is 0 Å². The van der Waals surface area contributed by atoms with Gasteiger partial charge >= 0.3 is 0 Å². The monoisotopic (exact) mass is 238 g/mol. The summed E-state index contributed by atoms with van der Waals surface area (Å²) in [5.41, 5.74) is 0.538. The van der Waals surface area contributed by atoms with Gasteiger partial charge in [0, 0.05) is 23.4 Å². The normalized spacial score (nSPS) is 11.9. The predicted molar refractivity (Wildman–Crippen MR) is 51.9 cm³/mol. The van der Waals surface area contributed by atoms with Gasteiger partial charge in [0.1, 0.15) is 0 Å². The molecule has 7 heteroatoms. The van der Waals surface area contributed by atoms with E-state index in [2.05, 4.69) is 5.10 Å². The summed E-state index contributed by atoms with van der Waals surface area (Å²) in [5, 5.41) is 3.93. The van der Waals surface area contributed by atoms with Crippen molar-refractivity contribution in [1.29, 1.82) is 0 Å². The lowest BCUT2D eigenvalue weighted by Gasteiger charge is -2.04. The van der Waals surface area contributed by atoms with E-state index in [1.165, 1.54) is 18.0 Å². The molecule has 1 aromatic rings. The van der Waals surface area contributed by atoms with Gasteiger partial charge in [-0.25, -0.2) is 8.42 Å². The van der Waals surface area contributed by atoms with Crippen LogP contribution in [-0.2, 0) is 20.3 Å². The third-order valence-electron chi connectivity index (χ3n) is 1.70. The number of nitrogens with zero attached hydrogens (tertiary/aromatic N) is 2. The molecule has 0 aromatic carbocycles. The minimum Gasteiger partial charge on any atom is -0.383 e. The highest BCUT2D eigenvalue weighted by atomic mass is 35.7. The second-order valence-electron chi connectivity index (χ2n) is 2.79. The molecule has 0 aliphatic carbocycles. The maximum atomic E-state index is 11.2. The standard InChI is InChI=1S/C7H11ClN2O3S/c1-6-5-9-10(3-4-13-2)7(6)14(8,11)12/h5H,3-4H2,1-2H3. The van der Waals surface area contributed by atoms with Crippen LogP contribution in [0, 0.1) is 6.92 Å². The zero-order valence-corrected chi connectivity index (χ0v) is 9.47. The third-order valence-corrected chi connectivity index (χ3v) is 3.13. The summed E-state index contributed by atoms with van der Waals surface area (Å²) in [6.45, 7) is 2.40. The molecule has 0 radical (unpaired) electrons. The molecule has 0 fully saturated rings. The molecule has 14 heavy (non-hydrogen) atoms. The van der Waals surface area contributed by atoms with E-state index in [-0.39, 0.29) is 5.03 Å². The van der Waals surface area contributed by atoms with Gasteiger partial charge in [0.05, 0.1) is 19.3 Å². The minimum absolute atomic E-state index is 0.0382. The highest BCUT2D eigenvalue weighted by molar-refractivity contribution is 8.13. The molecule has 0 amide bonds. The Morgan fingerprint density at radius 1 is 1.64 bits per heavy atom. The van der Waals surface area contributed by atoms with Crippen molar-refractivity contribution in [3.8, 4) is 0 Å². The number of ether oxygens (including phenoxy) is 1. The predicted octanol–water partition coefficient (Wildman–Crippen LogP) is 0.765. The lowest BCUT2D eigenvalue weighted by Crippen LogP contribution is -2.11. The fourth-order valence-corrected chi connectivity index (χ4v) is 2.55. The molecule has 0 atom stereocenters. The summed E-state index contributed by atoms with van der Waals surface area (Å²) in [5.74, 6) is 0. The largest absolute Gasteiger partial charge is 0.383 e. The number of hydrogen-bond donors (Lipinski definition) is 0. The van der Waals surface area contributed by atoms with Crippen LogP contribution in [-0.4, -0.2) is 31.9 Å². The Balaban J connectivity index is 3.07. The van der Waals surface area contributed by atoms with Crippen LogP contribution < -0.4 is 0 Å². The van der Waals surface area contributed by atoms with Crippen molar-refractivity contribution in [3.05, 3.63) is 11.8 Å². The number of aromatic nitrogens is 2. The molecule has 5 nitrogen and oxygen atoms in total. The zero-order chi connectivity index (χ0) is 10.8. The van der Waals surface area contributed by atoms with E-state index in [0.29, 0.717) is 18.7 Å². The van der Waals surface area contributed by atoms with Crippen molar-refractivity contribution in [1.82, 2.24) is 9.78 Å². The Morgan fingerprint density at radius 2 is 2.29 bits per heavy atom. The smallest absolute Gasteiger partial charge is 0.278 e. The van der Waals surface area contributed by atoms with Crippen LogP contribution in [0.2, 0.25) is 0 Å². The van der Waals surface area contributed by atoms with Crippen molar-refractivity contribution >= 4 is 19.7 Å². The highest BCUT2D eigenvalue weighted by Gasteiger charge is 2.19. The fourth-order valence-electron chi connectivity index (χ4n) is 1.12. The molecule has 1 aromatic heterocycles. The van der Waals surface area contributed by atoms with Crippen LogP contribution in [0.15, 0.2) is 11.2 Å². The molecule has 0 aliphatic heterocycles. The summed E-state index contributed by atoms with van der Waals surface area (Å²) < 4.78 is 28.5. The summed E-state index contributed by atoms with van der Waals surface area (Å²) in [4.78, 5) is 0. The van der Waals surface area contributed by atoms with Gasteiger partial charge in [0.2, 0.25) is 0 Å². The van der Waals surface area contributed by atoms with Gasteiger partial charge < -0.3 is 4.74 Å². The van der Waals surface area contributed by atoms with Crippen molar-refractivity contribution in [2.45, 2.75) is 18.5 Å². The summed E-state index contributed by atoms with van der Waals surface area (Å²) in [7, 11) is 3.06. The van der Waals surface area contributed by atoms with Crippen LogP contribution >= 0.6 is 10.7 Å². The van der Waals surface area contributed by atoms with E-state index in [4.69, 9.17) is 15.4 Å². The molecule has 0 aliphatic rings. The molecule has 0 bridgehead atoms. The van der Waals surface area contributed by atoms with Gasteiger partial charge in [-0.3, -0.25) is 4.68 Å². The van der Waals surface area contributed by atoms with Gasteiger partial charge in [0.15, 0.2) is 5.03 Å². The quantitative estimate of drug-likeness (QED) is 0.727. The van der Waals surface area contributed by atoms with E-state index < -0.39 is 9.05 Å². The number of halogens is 1. The van der Waals surface area contributed by atoms with Gasteiger partial charge in [-0.05, 0) is 6.92 Å². The molecule has 0 saturated carbocycles. The topological polar surface area (TPSA) is 61.2 Å². The maximum absolute atomic E-state index is 11.2. The van der Waals surface area contributed by atoms with Gasteiger partial charge in [0.25, 0.3) is 9.05 Å². The molecule has 1 rings (SSSR count). The van der Waals surface area contributed by atoms with E-state index in [1.54, 1.807) is 6.92 Å². The number of methoxy groups -OCH3 is 1. The average molecular weight is 239 g/mol. The Kier molecular flexibility index (Phi) is 3.52. The first-order valence-corrected chi connectivity index (χ1v) is 6.23. The molecular formula is C7H11ClN2O3S. The van der Waals surface area contributed by atoms with Crippen LogP contribution in [0.25, 0.3) is 0 Å².